The third kappa shape index (κ3) is 4.48. The van der Waals surface area contributed by atoms with Crippen LogP contribution in [0, 0.1) is 23.7 Å². The van der Waals surface area contributed by atoms with Crippen molar-refractivity contribution in [1.29, 1.82) is 0 Å². The van der Waals surface area contributed by atoms with E-state index in [1.54, 1.807) is 0 Å². The first kappa shape index (κ1) is 12.1. The quantitative estimate of drug-likeness (QED) is 0.544. The van der Waals surface area contributed by atoms with Crippen LogP contribution in [0.5, 0.6) is 0 Å². The first-order valence-corrected chi connectivity index (χ1v) is 6.63. The Balaban J connectivity index is 2.03. The van der Waals surface area contributed by atoms with E-state index in [0.29, 0.717) is 0 Å². The zero-order chi connectivity index (χ0) is 10.6. The van der Waals surface area contributed by atoms with Crippen molar-refractivity contribution >= 4 is 0 Å². The molecule has 0 aliphatic heterocycles. The number of hydrogen-bond donors (Lipinski definition) is 0. The van der Waals surface area contributed by atoms with Gasteiger partial charge < -0.3 is 0 Å². The van der Waals surface area contributed by atoms with Gasteiger partial charge in [0.2, 0.25) is 0 Å². The highest BCUT2D eigenvalue weighted by Gasteiger charge is 2.33. The van der Waals surface area contributed by atoms with Crippen molar-refractivity contribution in [1.82, 2.24) is 0 Å². The van der Waals surface area contributed by atoms with Gasteiger partial charge in [0.25, 0.3) is 0 Å². The van der Waals surface area contributed by atoms with Gasteiger partial charge in [-0.15, -0.1) is 0 Å². The molecular weight excluding hydrogens is 168 g/mol. The van der Waals surface area contributed by atoms with Crippen molar-refractivity contribution < 1.29 is 0 Å². The average molecular weight is 196 g/mol. The van der Waals surface area contributed by atoms with Gasteiger partial charge in [-0.3, -0.25) is 0 Å². The predicted molar refractivity (Wildman–Crippen MR) is 64.4 cm³/mol. The molecule has 4 atom stereocenters. The van der Waals surface area contributed by atoms with Crippen molar-refractivity contribution in [2.45, 2.75) is 66.2 Å². The molecule has 1 saturated carbocycles. The molecule has 84 valence electrons. The SMILES string of the molecule is CCCCC(C)CC(C)CC1CC1C. The third-order valence-corrected chi connectivity index (χ3v) is 3.84. The maximum Gasteiger partial charge on any atom is -0.0383 e. The summed E-state index contributed by atoms with van der Waals surface area (Å²) in [7, 11) is 0. The fourth-order valence-corrected chi connectivity index (χ4v) is 2.70. The molecule has 0 aromatic rings. The second-order valence-electron chi connectivity index (χ2n) is 5.80. The first-order chi connectivity index (χ1) is 6.63. The van der Waals surface area contributed by atoms with Crippen molar-refractivity contribution in [3.05, 3.63) is 0 Å². The van der Waals surface area contributed by atoms with E-state index in [1.807, 2.05) is 0 Å². The standard InChI is InChI=1S/C14H28/c1-5-6-7-11(2)8-12(3)9-14-10-13(14)4/h11-14H,5-10H2,1-4H3. The van der Waals surface area contributed by atoms with Crippen LogP contribution < -0.4 is 0 Å². The lowest BCUT2D eigenvalue weighted by Crippen LogP contribution is -2.04. The molecule has 0 N–H and O–H groups in total. The predicted octanol–water partition coefficient (Wildman–Crippen LogP) is 4.89. The Morgan fingerprint density at radius 3 is 2.36 bits per heavy atom. The third-order valence-electron chi connectivity index (χ3n) is 3.84. The van der Waals surface area contributed by atoms with Gasteiger partial charge in [-0.05, 0) is 42.9 Å². The minimum Gasteiger partial charge on any atom is -0.0654 e. The first-order valence-electron chi connectivity index (χ1n) is 6.63. The van der Waals surface area contributed by atoms with Gasteiger partial charge in [-0.1, -0.05) is 47.0 Å². The Kier molecular flexibility index (Phi) is 4.98. The summed E-state index contributed by atoms with van der Waals surface area (Å²) in [5.41, 5.74) is 0. The van der Waals surface area contributed by atoms with Gasteiger partial charge in [0, 0.05) is 0 Å². The highest BCUT2D eigenvalue weighted by atomic mass is 14.4. The van der Waals surface area contributed by atoms with Crippen LogP contribution in [0.2, 0.25) is 0 Å². The highest BCUT2D eigenvalue weighted by Crippen LogP contribution is 2.43. The fraction of sp³-hybridized carbons (Fsp3) is 1.00. The van der Waals surface area contributed by atoms with Crippen LogP contribution in [0.1, 0.15) is 66.2 Å². The summed E-state index contributed by atoms with van der Waals surface area (Å²) in [6.45, 7) is 9.58. The molecule has 0 saturated heterocycles. The second-order valence-corrected chi connectivity index (χ2v) is 5.80. The van der Waals surface area contributed by atoms with E-state index in [2.05, 4.69) is 27.7 Å². The van der Waals surface area contributed by atoms with Crippen molar-refractivity contribution in [2.75, 3.05) is 0 Å². The van der Waals surface area contributed by atoms with Crippen molar-refractivity contribution in [2.24, 2.45) is 23.7 Å². The molecule has 0 nitrogen and oxygen atoms in total. The van der Waals surface area contributed by atoms with Crippen LogP contribution in [0.25, 0.3) is 0 Å². The van der Waals surface area contributed by atoms with E-state index < -0.39 is 0 Å². The molecule has 0 heteroatoms. The molecule has 1 rings (SSSR count). The van der Waals surface area contributed by atoms with E-state index >= 15 is 0 Å². The smallest absolute Gasteiger partial charge is 0.0383 e. The van der Waals surface area contributed by atoms with Gasteiger partial charge in [0.1, 0.15) is 0 Å². The summed E-state index contributed by atoms with van der Waals surface area (Å²) in [6.07, 6.45) is 8.70. The zero-order valence-corrected chi connectivity index (χ0v) is 10.6. The van der Waals surface area contributed by atoms with Crippen LogP contribution in [0.3, 0.4) is 0 Å². The molecular formula is C14H28. The lowest BCUT2D eigenvalue weighted by atomic mass is 9.90. The zero-order valence-electron chi connectivity index (χ0n) is 10.6. The molecule has 1 aliphatic rings. The Bertz CT molecular complexity index is 150. The minimum absolute atomic E-state index is 0.957. The van der Waals surface area contributed by atoms with Gasteiger partial charge in [-0.2, -0.15) is 0 Å². The van der Waals surface area contributed by atoms with Crippen LogP contribution in [0.4, 0.5) is 0 Å². The topological polar surface area (TPSA) is 0 Å². The number of unbranched alkanes of at least 4 members (excludes halogenated alkanes) is 1. The molecule has 0 amide bonds. The number of rotatable bonds is 7. The lowest BCUT2D eigenvalue weighted by Gasteiger charge is -2.16. The Morgan fingerprint density at radius 1 is 1.21 bits per heavy atom. The van der Waals surface area contributed by atoms with Crippen LogP contribution in [-0.2, 0) is 0 Å². The van der Waals surface area contributed by atoms with Crippen LogP contribution in [0.15, 0.2) is 0 Å². The maximum atomic E-state index is 2.45. The Hall–Kier alpha value is 0. The minimum atomic E-state index is 0.957. The lowest BCUT2D eigenvalue weighted by molar-refractivity contribution is 0.354. The van der Waals surface area contributed by atoms with Crippen molar-refractivity contribution in [3.63, 3.8) is 0 Å². The second kappa shape index (κ2) is 5.78. The summed E-state index contributed by atoms with van der Waals surface area (Å²) in [5.74, 6) is 4.06. The molecule has 0 radical (unpaired) electrons. The van der Waals surface area contributed by atoms with Crippen LogP contribution >= 0.6 is 0 Å². The molecule has 0 heterocycles. The molecule has 14 heavy (non-hydrogen) atoms. The van der Waals surface area contributed by atoms with Gasteiger partial charge in [0.15, 0.2) is 0 Å². The highest BCUT2D eigenvalue weighted by molar-refractivity contribution is 4.83. The summed E-state index contributed by atoms with van der Waals surface area (Å²) >= 11 is 0. The fourth-order valence-electron chi connectivity index (χ4n) is 2.70. The molecule has 1 fully saturated rings. The summed E-state index contributed by atoms with van der Waals surface area (Å²) in [4.78, 5) is 0. The summed E-state index contributed by atoms with van der Waals surface area (Å²) in [6, 6.07) is 0. The van der Waals surface area contributed by atoms with Gasteiger partial charge in [-0.25, -0.2) is 0 Å². The molecule has 1 aliphatic carbocycles. The van der Waals surface area contributed by atoms with Crippen LogP contribution in [-0.4, -0.2) is 0 Å². The Labute approximate surface area is 90.5 Å². The van der Waals surface area contributed by atoms with E-state index in [9.17, 15) is 0 Å². The van der Waals surface area contributed by atoms with Crippen molar-refractivity contribution in [3.8, 4) is 0 Å². The molecule has 4 unspecified atom stereocenters. The monoisotopic (exact) mass is 196 g/mol. The van der Waals surface area contributed by atoms with E-state index in [1.165, 1.54) is 38.5 Å². The average Bonchev–Trinajstić information content (AvgIpc) is 2.77. The summed E-state index contributed by atoms with van der Waals surface area (Å²) < 4.78 is 0. The molecule has 0 spiro atoms. The van der Waals surface area contributed by atoms with E-state index in [-0.39, 0.29) is 0 Å². The summed E-state index contributed by atoms with van der Waals surface area (Å²) in [5, 5.41) is 0. The Morgan fingerprint density at radius 2 is 1.86 bits per heavy atom. The van der Waals surface area contributed by atoms with Gasteiger partial charge in [0.05, 0.1) is 0 Å². The van der Waals surface area contributed by atoms with Gasteiger partial charge >= 0.3 is 0 Å². The largest absolute Gasteiger partial charge is 0.0654 e. The molecule has 0 aromatic carbocycles. The normalized spacial score (nSPS) is 30.0. The van der Waals surface area contributed by atoms with E-state index in [4.69, 9.17) is 0 Å². The molecule has 0 aromatic heterocycles. The number of hydrogen-bond acceptors (Lipinski definition) is 0. The maximum absolute atomic E-state index is 2.45. The van der Waals surface area contributed by atoms with E-state index in [0.717, 1.165) is 23.7 Å². The molecule has 0 bridgehead atoms.